The summed E-state index contributed by atoms with van der Waals surface area (Å²) in [5, 5.41) is 32.1. The molecular formula is C26H35FO7. The fraction of sp³-hybridized carbons (Fsp3) is 0.731. The lowest BCUT2D eigenvalue weighted by molar-refractivity contribution is -0.180. The minimum atomic E-state index is -1.74. The Bertz CT molecular complexity index is 970. The number of aliphatic hydroxyl groups is 3. The molecule has 4 aliphatic carbocycles. The number of rotatable bonds is 6. The van der Waals surface area contributed by atoms with Crippen molar-refractivity contribution in [2.45, 2.75) is 83.8 Å². The standard InChI is InChI=1S/C26H35FO7/c1-4-5-6-20(32)34-22-17(29)11-14-7-8-15-16-9-10-26(33,19(31)13-28)24(16,2)12-18(30)21(15)25(14,3)23(22)27/h11,15-16,18,21,28,30,33H,4-10,12-13H2,1-3H3/t15-,16-,18-,21+,24-,25-,26-/m0/s1. The van der Waals surface area contributed by atoms with Crippen LogP contribution in [0.3, 0.4) is 0 Å². The van der Waals surface area contributed by atoms with Gasteiger partial charge >= 0.3 is 5.97 Å². The van der Waals surface area contributed by atoms with E-state index >= 15 is 4.39 Å². The third-order valence-corrected chi connectivity index (χ3v) is 9.43. The average molecular weight is 479 g/mol. The molecule has 0 bridgehead atoms. The molecule has 0 aromatic rings. The van der Waals surface area contributed by atoms with Gasteiger partial charge in [0, 0.05) is 17.8 Å². The summed E-state index contributed by atoms with van der Waals surface area (Å²) in [6.45, 7) is 4.57. The molecule has 188 valence electrons. The molecule has 4 aliphatic rings. The highest BCUT2D eigenvalue weighted by Crippen LogP contribution is 2.68. The number of halogens is 1. The highest BCUT2D eigenvalue weighted by atomic mass is 19.1. The molecule has 4 rings (SSSR count). The van der Waals surface area contributed by atoms with E-state index in [1.807, 2.05) is 6.92 Å². The first-order chi connectivity index (χ1) is 16.0. The van der Waals surface area contributed by atoms with Gasteiger partial charge in [0.1, 0.15) is 12.2 Å². The monoisotopic (exact) mass is 478 g/mol. The zero-order valence-corrected chi connectivity index (χ0v) is 20.1. The van der Waals surface area contributed by atoms with Crippen molar-refractivity contribution in [1.29, 1.82) is 0 Å². The molecule has 0 heterocycles. The second kappa shape index (κ2) is 8.64. The van der Waals surface area contributed by atoms with Crippen molar-refractivity contribution in [3.63, 3.8) is 0 Å². The number of carbonyl (C=O) groups is 3. The van der Waals surface area contributed by atoms with Gasteiger partial charge in [-0.15, -0.1) is 0 Å². The van der Waals surface area contributed by atoms with Crippen LogP contribution in [-0.2, 0) is 19.1 Å². The molecule has 0 radical (unpaired) electrons. The molecule has 0 unspecified atom stereocenters. The smallest absolute Gasteiger partial charge is 0.311 e. The number of esters is 1. The van der Waals surface area contributed by atoms with Crippen LogP contribution in [0.2, 0.25) is 0 Å². The first-order valence-corrected chi connectivity index (χ1v) is 12.4. The van der Waals surface area contributed by atoms with Crippen molar-refractivity contribution >= 4 is 17.5 Å². The van der Waals surface area contributed by atoms with Crippen molar-refractivity contribution in [1.82, 2.24) is 0 Å². The third kappa shape index (κ3) is 3.36. The minimum Gasteiger partial charge on any atom is -0.419 e. The molecule has 0 amide bonds. The van der Waals surface area contributed by atoms with Crippen molar-refractivity contribution < 1.29 is 38.8 Å². The van der Waals surface area contributed by atoms with Crippen LogP contribution in [-0.4, -0.2) is 51.2 Å². The summed E-state index contributed by atoms with van der Waals surface area (Å²) < 4.78 is 21.3. The third-order valence-electron chi connectivity index (χ3n) is 9.43. The molecule has 7 atom stereocenters. The molecule has 0 saturated heterocycles. The van der Waals surface area contributed by atoms with E-state index in [2.05, 4.69) is 0 Å². The first kappa shape index (κ1) is 25.2. The topological polar surface area (TPSA) is 121 Å². The summed E-state index contributed by atoms with van der Waals surface area (Å²) in [6.07, 6.45) is 3.47. The number of unbranched alkanes of at least 4 members (excludes halogenated alkanes) is 1. The zero-order chi connectivity index (χ0) is 25.1. The number of ketones is 2. The quantitative estimate of drug-likeness (QED) is 0.502. The van der Waals surface area contributed by atoms with Gasteiger partial charge < -0.3 is 20.1 Å². The van der Waals surface area contributed by atoms with E-state index in [0.717, 1.165) is 6.42 Å². The van der Waals surface area contributed by atoms with E-state index in [0.29, 0.717) is 31.3 Å². The summed E-state index contributed by atoms with van der Waals surface area (Å²) in [7, 11) is 0. The summed E-state index contributed by atoms with van der Waals surface area (Å²) in [5.74, 6) is -4.38. The highest BCUT2D eigenvalue weighted by molar-refractivity contribution is 6.06. The SMILES string of the molecule is CCCCC(=O)OC1=C(F)[C@@]2(C)C(=CC1=O)CC[C@@H]1[C@@H]2[C@@H](O)C[C@@]2(C)[C@H]1CC[C@]2(O)C(=O)CO. The van der Waals surface area contributed by atoms with Gasteiger partial charge in [0.15, 0.2) is 11.6 Å². The Morgan fingerprint density at radius 2 is 1.97 bits per heavy atom. The van der Waals surface area contributed by atoms with Crippen molar-refractivity contribution in [3.8, 4) is 0 Å². The number of fused-ring (bicyclic) bond motifs is 5. The maximum absolute atomic E-state index is 16.1. The summed E-state index contributed by atoms with van der Waals surface area (Å²) >= 11 is 0. The van der Waals surface area contributed by atoms with E-state index < -0.39 is 64.2 Å². The van der Waals surface area contributed by atoms with Crippen molar-refractivity contribution in [2.24, 2.45) is 28.6 Å². The normalized spacial score (nSPS) is 41.4. The van der Waals surface area contributed by atoms with Gasteiger partial charge in [-0.05, 0) is 63.4 Å². The Hall–Kier alpha value is -1.90. The fourth-order valence-corrected chi connectivity index (χ4v) is 7.62. The number of hydrogen-bond acceptors (Lipinski definition) is 7. The van der Waals surface area contributed by atoms with E-state index in [1.165, 1.54) is 6.08 Å². The summed E-state index contributed by atoms with van der Waals surface area (Å²) in [6, 6.07) is 0. The highest BCUT2D eigenvalue weighted by Gasteiger charge is 2.69. The summed E-state index contributed by atoms with van der Waals surface area (Å²) in [4.78, 5) is 37.4. The summed E-state index contributed by atoms with van der Waals surface area (Å²) in [5.41, 5.74) is -3.44. The van der Waals surface area contributed by atoms with Crippen LogP contribution < -0.4 is 0 Å². The lowest BCUT2D eigenvalue weighted by Gasteiger charge is -2.59. The number of carbonyl (C=O) groups excluding carboxylic acids is 3. The predicted octanol–water partition coefficient (Wildman–Crippen LogP) is 2.92. The Labute approximate surface area is 199 Å². The van der Waals surface area contributed by atoms with Gasteiger partial charge in [0.2, 0.25) is 11.5 Å². The van der Waals surface area contributed by atoms with Crippen LogP contribution in [0.1, 0.15) is 72.1 Å². The predicted molar refractivity (Wildman–Crippen MR) is 120 cm³/mol. The minimum absolute atomic E-state index is 0.0663. The van der Waals surface area contributed by atoms with E-state index in [-0.39, 0.29) is 31.1 Å². The molecule has 0 aliphatic heterocycles. The lowest BCUT2D eigenvalue weighted by atomic mass is 9.46. The van der Waals surface area contributed by atoms with Gasteiger partial charge in [-0.3, -0.25) is 14.4 Å². The average Bonchev–Trinajstić information content (AvgIpc) is 3.06. The van der Waals surface area contributed by atoms with Crippen molar-refractivity contribution in [3.05, 3.63) is 23.2 Å². The number of hydrogen-bond donors (Lipinski definition) is 3. The second-order valence-electron chi connectivity index (χ2n) is 11.0. The largest absolute Gasteiger partial charge is 0.419 e. The molecular weight excluding hydrogens is 443 g/mol. The van der Waals surface area contributed by atoms with E-state index in [9.17, 15) is 29.7 Å². The number of allylic oxidation sites excluding steroid dienone is 3. The second-order valence-corrected chi connectivity index (χ2v) is 11.0. The Morgan fingerprint density at radius 1 is 1.26 bits per heavy atom. The van der Waals surface area contributed by atoms with E-state index in [4.69, 9.17) is 4.74 Å². The molecule has 34 heavy (non-hydrogen) atoms. The van der Waals surface area contributed by atoms with Crippen LogP contribution in [0, 0.1) is 28.6 Å². The van der Waals surface area contributed by atoms with Gasteiger partial charge in [-0.1, -0.05) is 25.8 Å². The van der Waals surface area contributed by atoms with Crippen LogP contribution in [0.15, 0.2) is 23.2 Å². The van der Waals surface area contributed by atoms with Crippen LogP contribution >= 0.6 is 0 Å². The van der Waals surface area contributed by atoms with Gasteiger partial charge in [-0.25, -0.2) is 4.39 Å². The zero-order valence-electron chi connectivity index (χ0n) is 20.1. The molecule has 0 spiro atoms. The van der Waals surface area contributed by atoms with E-state index in [1.54, 1.807) is 13.8 Å². The van der Waals surface area contributed by atoms with Gasteiger partial charge in [0.25, 0.3) is 0 Å². The Balaban J connectivity index is 1.72. The molecule has 0 aromatic carbocycles. The fourth-order valence-electron chi connectivity index (χ4n) is 7.62. The van der Waals surface area contributed by atoms with Gasteiger partial charge in [0.05, 0.1) is 11.5 Å². The van der Waals surface area contributed by atoms with Crippen molar-refractivity contribution in [2.75, 3.05) is 6.61 Å². The van der Waals surface area contributed by atoms with Crippen LogP contribution in [0.25, 0.3) is 0 Å². The number of ether oxygens (including phenoxy) is 1. The van der Waals surface area contributed by atoms with Gasteiger partial charge in [-0.2, -0.15) is 0 Å². The maximum Gasteiger partial charge on any atom is 0.311 e. The Kier molecular flexibility index (Phi) is 6.41. The van der Waals surface area contributed by atoms with Crippen LogP contribution in [0.4, 0.5) is 4.39 Å². The number of aliphatic hydroxyl groups excluding tert-OH is 2. The van der Waals surface area contributed by atoms with Crippen LogP contribution in [0.5, 0.6) is 0 Å². The molecule has 8 heteroatoms. The maximum atomic E-state index is 16.1. The number of Topliss-reactive ketones (excluding diaryl/α,β-unsaturated/α-hetero) is 1. The molecule has 3 fully saturated rings. The molecule has 0 aromatic heterocycles. The Morgan fingerprint density at radius 3 is 2.62 bits per heavy atom. The lowest BCUT2D eigenvalue weighted by Crippen LogP contribution is -2.62. The molecule has 3 saturated carbocycles. The molecule has 7 nitrogen and oxygen atoms in total. The molecule has 3 N–H and O–H groups in total. The first-order valence-electron chi connectivity index (χ1n) is 12.4.